The van der Waals surface area contributed by atoms with Gasteiger partial charge in [-0.25, -0.2) is 4.39 Å². The zero-order valence-electron chi connectivity index (χ0n) is 15.3. The van der Waals surface area contributed by atoms with Crippen molar-refractivity contribution in [2.45, 2.75) is 27.3 Å². The molecule has 0 saturated heterocycles. The second-order valence-corrected chi connectivity index (χ2v) is 7.11. The monoisotopic (exact) mass is 386 g/mol. The summed E-state index contributed by atoms with van der Waals surface area (Å²) in [6.07, 6.45) is 0. The molecule has 0 saturated carbocycles. The van der Waals surface area contributed by atoms with Crippen molar-refractivity contribution in [3.05, 3.63) is 63.7 Å². The van der Waals surface area contributed by atoms with Crippen LogP contribution < -0.4 is 4.80 Å². The first kappa shape index (κ1) is 19.0. The van der Waals surface area contributed by atoms with Crippen LogP contribution in [-0.2, 0) is 16.1 Å². The minimum absolute atomic E-state index is 0.0987. The number of esters is 1. The molecular weight excluding hydrogens is 367 g/mol. The van der Waals surface area contributed by atoms with Crippen LogP contribution in [0.1, 0.15) is 28.4 Å². The summed E-state index contributed by atoms with van der Waals surface area (Å²) in [4.78, 5) is 29.1. The molecule has 0 N–H and O–H groups in total. The molecule has 1 heterocycles. The van der Waals surface area contributed by atoms with E-state index in [4.69, 9.17) is 4.74 Å². The summed E-state index contributed by atoms with van der Waals surface area (Å²) in [6, 6.07) is 9.61. The number of benzene rings is 2. The highest BCUT2D eigenvalue weighted by molar-refractivity contribution is 7.16. The molecule has 0 bridgehead atoms. The maximum atomic E-state index is 13.6. The van der Waals surface area contributed by atoms with Gasteiger partial charge in [-0.15, -0.1) is 0 Å². The second kappa shape index (κ2) is 7.84. The second-order valence-electron chi connectivity index (χ2n) is 6.10. The molecule has 1 aromatic heterocycles. The number of hydrogen-bond donors (Lipinski definition) is 0. The van der Waals surface area contributed by atoms with Crippen molar-refractivity contribution in [2.75, 3.05) is 6.61 Å². The summed E-state index contributed by atoms with van der Waals surface area (Å²) < 4.78 is 20.8. The molecule has 140 valence electrons. The van der Waals surface area contributed by atoms with E-state index in [1.807, 2.05) is 19.9 Å². The van der Waals surface area contributed by atoms with Crippen molar-refractivity contribution in [1.29, 1.82) is 0 Å². The fourth-order valence-electron chi connectivity index (χ4n) is 2.65. The average molecular weight is 386 g/mol. The van der Waals surface area contributed by atoms with Gasteiger partial charge in [0.1, 0.15) is 12.4 Å². The van der Waals surface area contributed by atoms with E-state index in [0.717, 1.165) is 22.5 Å². The van der Waals surface area contributed by atoms with Gasteiger partial charge in [0.05, 0.1) is 16.8 Å². The summed E-state index contributed by atoms with van der Waals surface area (Å²) in [5, 5.41) is 0. The van der Waals surface area contributed by atoms with Gasteiger partial charge in [-0.1, -0.05) is 17.4 Å². The lowest BCUT2D eigenvalue weighted by atomic mass is 10.1. The average Bonchev–Trinajstić information content (AvgIpc) is 2.93. The summed E-state index contributed by atoms with van der Waals surface area (Å²) >= 11 is 1.16. The van der Waals surface area contributed by atoms with Crippen LogP contribution in [0.4, 0.5) is 4.39 Å². The predicted octanol–water partition coefficient (Wildman–Crippen LogP) is 3.76. The Balaban J connectivity index is 2.10. The normalized spacial score (nSPS) is 11.8. The van der Waals surface area contributed by atoms with Gasteiger partial charge in [0.2, 0.25) is 0 Å². The highest BCUT2D eigenvalue weighted by atomic mass is 32.1. The van der Waals surface area contributed by atoms with Crippen molar-refractivity contribution in [1.82, 2.24) is 4.57 Å². The summed E-state index contributed by atoms with van der Waals surface area (Å²) in [5.74, 6) is -1.25. The number of carbonyl (C=O) groups is 2. The Labute approximate surface area is 159 Å². The van der Waals surface area contributed by atoms with Crippen LogP contribution in [0.3, 0.4) is 0 Å². The Hall–Kier alpha value is -2.80. The van der Waals surface area contributed by atoms with Crippen LogP contribution in [0.15, 0.2) is 41.4 Å². The van der Waals surface area contributed by atoms with Gasteiger partial charge in [-0.3, -0.25) is 9.59 Å². The largest absolute Gasteiger partial charge is 0.465 e. The van der Waals surface area contributed by atoms with E-state index >= 15 is 0 Å². The molecule has 27 heavy (non-hydrogen) atoms. The van der Waals surface area contributed by atoms with Crippen molar-refractivity contribution in [3.8, 4) is 0 Å². The Bertz CT molecular complexity index is 1100. The Morgan fingerprint density at radius 3 is 2.63 bits per heavy atom. The number of carbonyl (C=O) groups excluding carboxylic acids is 2. The van der Waals surface area contributed by atoms with Gasteiger partial charge in [0.25, 0.3) is 5.91 Å². The number of hydrogen-bond acceptors (Lipinski definition) is 4. The van der Waals surface area contributed by atoms with E-state index in [9.17, 15) is 14.0 Å². The van der Waals surface area contributed by atoms with Crippen LogP contribution in [0.5, 0.6) is 0 Å². The Morgan fingerprint density at radius 1 is 1.15 bits per heavy atom. The van der Waals surface area contributed by atoms with Gasteiger partial charge in [0.15, 0.2) is 4.80 Å². The van der Waals surface area contributed by atoms with Crippen molar-refractivity contribution < 1.29 is 18.7 Å². The summed E-state index contributed by atoms with van der Waals surface area (Å²) in [7, 11) is 0. The van der Waals surface area contributed by atoms with Gasteiger partial charge in [0, 0.05) is 5.56 Å². The maximum Gasteiger partial charge on any atom is 0.326 e. The minimum Gasteiger partial charge on any atom is -0.465 e. The van der Waals surface area contributed by atoms with Crippen LogP contribution >= 0.6 is 11.3 Å². The third-order valence-electron chi connectivity index (χ3n) is 4.19. The topological polar surface area (TPSA) is 60.7 Å². The number of amides is 1. The lowest BCUT2D eigenvalue weighted by Gasteiger charge is -2.05. The van der Waals surface area contributed by atoms with E-state index in [1.165, 1.54) is 12.1 Å². The molecule has 3 aromatic rings. The lowest BCUT2D eigenvalue weighted by Crippen LogP contribution is -2.23. The van der Waals surface area contributed by atoms with Gasteiger partial charge < -0.3 is 9.30 Å². The Kier molecular flexibility index (Phi) is 5.51. The van der Waals surface area contributed by atoms with E-state index in [2.05, 4.69) is 4.99 Å². The minimum atomic E-state index is -0.443. The first-order chi connectivity index (χ1) is 12.9. The van der Waals surface area contributed by atoms with E-state index in [0.29, 0.717) is 20.6 Å². The Morgan fingerprint density at radius 2 is 1.93 bits per heavy atom. The van der Waals surface area contributed by atoms with Crippen LogP contribution in [0.25, 0.3) is 10.2 Å². The highest BCUT2D eigenvalue weighted by Gasteiger charge is 2.13. The molecule has 0 radical (unpaired) electrons. The van der Waals surface area contributed by atoms with E-state index in [-0.39, 0.29) is 19.0 Å². The van der Waals surface area contributed by atoms with E-state index in [1.54, 1.807) is 29.7 Å². The zero-order chi connectivity index (χ0) is 19.6. The number of nitrogens with zero attached hydrogens (tertiary/aromatic N) is 2. The molecule has 0 unspecified atom stereocenters. The fraction of sp³-hybridized carbons (Fsp3) is 0.250. The first-order valence-electron chi connectivity index (χ1n) is 8.50. The van der Waals surface area contributed by atoms with Crippen molar-refractivity contribution >= 4 is 33.4 Å². The third-order valence-corrected chi connectivity index (χ3v) is 5.23. The molecule has 7 heteroatoms. The third kappa shape index (κ3) is 4.14. The first-order valence-corrected chi connectivity index (χ1v) is 9.31. The molecule has 0 spiro atoms. The molecule has 0 atom stereocenters. The molecule has 5 nitrogen and oxygen atoms in total. The van der Waals surface area contributed by atoms with Crippen molar-refractivity contribution in [2.24, 2.45) is 4.99 Å². The lowest BCUT2D eigenvalue weighted by molar-refractivity contribution is -0.143. The predicted molar refractivity (Wildman–Crippen MR) is 102 cm³/mol. The summed E-state index contributed by atoms with van der Waals surface area (Å²) in [5.41, 5.74) is 3.17. The molecule has 2 aromatic carbocycles. The molecular formula is C20H19FN2O3S. The number of thiazole rings is 1. The molecule has 3 rings (SSSR count). The maximum absolute atomic E-state index is 13.6. The van der Waals surface area contributed by atoms with Crippen LogP contribution in [0, 0.1) is 19.7 Å². The number of fused-ring (bicyclic) bond motifs is 1. The molecule has 0 aliphatic rings. The summed E-state index contributed by atoms with van der Waals surface area (Å²) in [6.45, 7) is 5.77. The number of halogens is 1. The molecule has 1 amide bonds. The zero-order valence-corrected chi connectivity index (χ0v) is 16.1. The van der Waals surface area contributed by atoms with Gasteiger partial charge in [-0.2, -0.15) is 4.99 Å². The number of aryl methyl sites for hydroxylation is 2. The van der Waals surface area contributed by atoms with Crippen LogP contribution in [0.2, 0.25) is 0 Å². The number of rotatable bonds is 4. The van der Waals surface area contributed by atoms with Gasteiger partial charge >= 0.3 is 5.97 Å². The number of aromatic nitrogens is 1. The van der Waals surface area contributed by atoms with Crippen LogP contribution in [-0.4, -0.2) is 23.1 Å². The number of ether oxygens (including phenoxy) is 1. The van der Waals surface area contributed by atoms with Crippen molar-refractivity contribution in [3.63, 3.8) is 0 Å². The standard InChI is InChI=1S/C20H19FN2O3S/c1-4-26-18(24)11-23-16-8-7-15(21)10-17(16)27-20(23)22-19(25)14-6-5-12(2)13(3)9-14/h5-10H,4,11H2,1-3H3. The molecule has 0 fully saturated rings. The van der Waals surface area contributed by atoms with Gasteiger partial charge in [-0.05, 0) is 62.2 Å². The molecule has 0 aliphatic heterocycles. The highest BCUT2D eigenvalue weighted by Crippen LogP contribution is 2.19. The SMILES string of the molecule is CCOC(=O)Cn1c(=NC(=O)c2ccc(C)c(C)c2)sc2cc(F)ccc21. The quantitative estimate of drug-likeness (QED) is 0.642. The fourth-order valence-corrected chi connectivity index (χ4v) is 3.70. The molecule has 0 aliphatic carbocycles. The van der Waals surface area contributed by atoms with E-state index < -0.39 is 11.9 Å². The smallest absolute Gasteiger partial charge is 0.326 e.